The topological polar surface area (TPSA) is 61.8 Å². The first-order valence-electron chi connectivity index (χ1n) is 17.2. The lowest BCUT2D eigenvalue weighted by Gasteiger charge is -2.21. The van der Waals surface area contributed by atoms with E-state index in [4.69, 9.17) is 9.47 Å². The zero-order valence-corrected chi connectivity index (χ0v) is 28.1. The first-order valence-corrected chi connectivity index (χ1v) is 17.2. The fourth-order valence-corrected chi connectivity index (χ4v) is 5.35. The number of ether oxygens (including phenoxy) is 3. The lowest BCUT2D eigenvalue weighted by Crippen LogP contribution is -2.34. The van der Waals surface area contributed by atoms with Crippen molar-refractivity contribution in [3.8, 4) is 16.9 Å². The van der Waals surface area contributed by atoms with E-state index in [1.54, 1.807) is 24.3 Å². The van der Waals surface area contributed by atoms with Gasteiger partial charge in [0.05, 0.1) is 11.1 Å². The predicted molar refractivity (Wildman–Crippen MR) is 180 cm³/mol. The largest absolute Gasteiger partial charge is 0.449 e. The molecule has 262 valence electrons. The zero-order chi connectivity index (χ0) is 34.8. The molecule has 0 N–H and O–H groups in total. The predicted octanol–water partition coefficient (Wildman–Crippen LogP) is 11.1. The second-order valence-corrected chi connectivity index (χ2v) is 12.0. The molecule has 3 aromatic rings. The van der Waals surface area contributed by atoms with Crippen LogP contribution in [0, 0.1) is 5.82 Å². The third kappa shape index (κ3) is 13.4. The van der Waals surface area contributed by atoms with Crippen LogP contribution in [0.3, 0.4) is 0 Å². The van der Waals surface area contributed by atoms with E-state index in [1.807, 2.05) is 6.92 Å². The highest BCUT2D eigenvalue weighted by Crippen LogP contribution is 2.29. The maximum atomic E-state index is 14.8. The van der Waals surface area contributed by atoms with Crippen molar-refractivity contribution in [2.75, 3.05) is 13.2 Å². The summed E-state index contributed by atoms with van der Waals surface area (Å²) in [6, 6.07) is 18.0. The lowest BCUT2D eigenvalue weighted by molar-refractivity contribution is -0.206. The fraction of sp³-hybridized carbons (Fsp3) is 0.487. The summed E-state index contributed by atoms with van der Waals surface area (Å²) >= 11 is 0. The summed E-state index contributed by atoms with van der Waals surface area (Å²) in [5.74, 6) is -3.56. The first-order chi connectivity index (χ1) is 23.1. The summed E-state index contributed by atoms with van der Waals surface area (Å²) < 4.78 is 70.3. The molecular weight excluding hydrogens is 624 g/mol. The number of halogens is 4. The minimum absolute atomic E-state index is 0.161. The van der Waals surface area contributed by atoms with Crippen molar-refractivity contribution in [2.45, 2.75) is 110 Å². The third-order valence-electron chi connectivity index (χ3n) is 8.17. The van der Waals surface area contributed by atoms with E-state index >= 15 is 0 Å². The fourth-order valence-electron chi connectivity index (χ4n) is 5.35. The molecule has 3 aromatic carbocycles. The number of benzene rings is 3. The van der Waals surface area contributed by atoms with Crippen molar-refractivity contribution in [3.63, 3.8) is 0 Å². The molecule has 0 aliphatic carbocycles. The molecule has 0 radical (unpaired) electrons. The summed E-state index contributed by atoms with van der Waals surface area (Å²) in [5.41, 5.74) is 2.76. The molecule has 0 amide bonds. The van der Waals surface area contributed by atoms with Crippen LogP contribution < -0.4 is 4.74 Å². The van der Waals surface area contributed by atoms with Crippen molar-refractivity contribution in [1.82, 2.24) is 0 Å². The highest BCUT2D eigenvalue weighted by atomic mass is 19.4. The first kappa shape index (κ1) is 38.7. The standard InChI is InChI=1S/C39H48F4O5/c1-3-5-6-7-8-9-10-12-15-29-17-19-30(20-18-29)31-21-23-32(24-22-31)37(44)47-33-25-26-34(35(40)28-33)38(45)48-36(39(41,42)43)16-13-11-14-27-46-4-2/h17-26,28,36H,3-16,27H2,1-2H3/t36-/m1/s1. The van der Waals surface area contributed by atoms with Gasteiger partial charge in [-0.05, 0) is 80.0 Å². The van der Waals surface area contributed by atoms with Gasteiger partial charge in [-0.3, -0.25) is 0 Å². The number of unbranched alkanes of at least 4 members (excludes halogenated alkanes) is 9. The maximum absolute atomic E-state index is 14.8. The number of carbonyl (C=O) groups excluding carboxylic acids is 2. The number of hydrogen-bond acceptors (Lipinski definition) is 5. The highest BCUT2D eigenvalue weighted by molar-refractivity contribution is 5.92. The lowest BCUT2D eigenvalue weighted by atomic mass is 10.00. The molecule has 0 saturated heterocycles. The molecule has 48 heavy (non-hydrogen) atoms. The van der Waals surface area contributed by atoms with Gasteiger partial charge in [0.15, 0.2) is 6.10 Å². The number of carbonyl (C=O) groups is 2. The Bertz CT molecular complexity index is 1390. The van der Waals surface area contributed by atoms with E-state index in [1.165, 1.54) is 56.9 Å². The van der Waals surface area contributed by atoms with Gasteiger partial charge in [0.25, 0.3) is 0 Å². The van der Waals surface area contributed by atoms with Gasteiger partial charge in [0, 0.05) is 19.3 Å². The SMILES string of the molecule is CCCCCCCCCCc1ccc(-c2ccc(C(=O)Oc3ccc(C(=O)O[C@H](CCCCCOCC)C(F)(F)F)c(F)c3)cc2)cc1. The van der Waals surface area contributed by atoms with Gasteiger partial charge in [-0.25, -0.2) is 14.0 Å². The Hall–Kier alpha value is -3.72. The Labute approximate surface area is 282 Å². The Morgan fingerprint density at radius 2 is 1.31 bits per heavy atom. The number of esters is 2. The van der Waals surface area contributed by atoms with Crippen LogP contribution in [-0.2, 0) is 15.9 Å². The molecular formula is C39H48F4O5. The smallest absolute Gasteiger partial charge is 0.425 e. The van der Waals surface area contributed by atoms with Gasteiger partial charge in [-0.2, -0.15) is 13.2 Å². The van der Waals surface area contributed by atoms with E-state index in [-0.39, 0.29) is 17.7 Å². The maximum Gasteiger partial charge on any atom is 0.425 e. The molecule has 9 heteroatoms. The minimum Gasteiger partial charge on any atom is -0.449 e. The number of rotatable bonds is 21. The molecule has 0 aliphatic heterocycles. The average molecular weight is 673 g/mol. The van der Waals surface area contributed by atoms with E-state index in [2.05, 4.69) is 35.9 Å². The van der Waals surface area contributed by atoms with Crippen LogP contribution in [0.1, 0.15) is 117 Å². The highest BCUT2D eigenvalue weighted by Gasteiger charge is 2.42. The van der Waals surface area contributed by atoms with Crippen LogP contribution in [0.5, 0.6) is 5.75 Å². The second-order valence-electron chi connectivity index (χ2n) is 12.0. The Balaban J connectivity index is 1.49. The summed E-state index contributed by atoms with van der Waals surface area (Å²) in [6.07, 6.45) is 4.93. The summed E-state index contributed by atoms with van der Waals surface area (Å²) in [5, 5.41) is 0. The Morgan fingerprint density at radius 3 is 1.92 bits per heavy atom. The van der Waals surface area contributed by atoms with E-state index in [9.17, 15) is 27.2 Å². The van der Waals surface area contributed by atoms with Gasteiger partial charge in [0.1, 0.15) is 11.6 Å². The van der Waals surface area contributed by atoms with Gasteiger partial charge < -0.3 is 14.2 Å². The second kappa shape index (κ2) is 20.6. The van der Waals surface area contributed by atoms with Crippen LogP contribution in [0.25, 0.3) is 11.1 Å². The van der Waals surface area contributed by atoms with E-state index in [0.29, 0.717) is 26.1 Å². The minimum atomic E-state index is -4.80. The Kier molecular flexibility index (Phi) is 16.6. The van der Waals surface area contributed by atoms with E-state index in [0.717, 1.165) is 35.7 Å². The molecule has 0 heterocycles. The van der Waals surface area contributed by atoms with Crippen LogP contribution in [-0.4, -0.2) is 37.4 Å². The molecule has 5 nitrogen and oxygen atoms in total. The summed E-state index contributed by atoms with van der Waals surface area (Å²) in [7, 11) is 0. The van der Waals surface area contributed by atoms with E-state index < -0.39 is 42.0 Å². The number of hydrogen-bond donors (Lipinski definition) is 0. The van der Waals surface area contributed by atoms with Crippen LogP contribution in [0.15, 0.2) is 66.7 Å². The number of alkyl halides is 3. The normalized spacial score (nSPS) is 12.1. The molecule has 0 saturated carbocycles. The van der Waals surface area contributed by atoms with Gasteiger partial charge in [-0.1, -0.05) is 94.7 Å². The molecule has 0 bridgehead atoms. The van der Waals surface area contributed by atoms with Crippen molar-refractivity contribution in [3.05, 3.63) is 89.2 Å². The van der Waals surface area contributed by atoms with Gasteiger partial charge in [0.2, 0.25) is 0 Å². The molecule has 3 rings (SSSR count). The van der Waals surface area contributed by atoms with Gasteiger partial charge in [-0.15, -0.1) is 0 Å². The van der Waals surface area contributed by atoms with Crippen molar-refractivity contribution in [1.29, 1.82) is 0 Å². The molecule has 0 aliphatic rings. The van der Waals surface area contributed by atoms with Crippen molar-refractivity contribution in [2.24, 2.45) is 0 Å². The quantitative estimate of drug-likeness (QED) is 0.0488. The average Bonchev–Trinajstić information content (AvgIpc) is 3.07. The van der Waals surface area contributed by atoms with Crippen LogP contribution >= 0.6 is 0 Å². The molecule has 0 fully saturated rings. The molecule has 0 unspecified atom stereocenters. The Morgan fingerprint density at radius 1 is 0.708 bits per heavy atom. The van der Waals surface area contributed by atoms with Gasteiger partial charge >= 0.3 is 18.1 Å². The van der Waals surface area contributed by atoms with Crippen molar-refractivity contribution >= 4 is 11.9 Å². The third-order valence-corrected chi connectivity index (χ3v) is 8.17. The van der Waals surface area contributed by atoms with Crippen LogP contribution in [0.2, 0.25) is 0 Å². The monoisotopic (exact) mass is 672 g/mol. The summed E-state index contributed by atoms with van der Waals surface area (Å²) in [6.45, 7) is 5.02. The zero-order valence-electron chi connectivity index (χ0n) is 28.1. The van der Waals surface area contributed by atoms with Crippen molar-refractivity contribution < 1.29 is 41.4 Å². The van der Waals surface area contributed by atoms with Crippen LogP contribution in [0.4, 0.5) is 17.6 Å². The molecule has 0 spiro atoms. The molecule has 1 atom stereocenters. The molecule has 0 aromatic heterocycles. The number of aryl methyl sites for hydroxylation is 1. The summed E-state index contributed by atoms with van der Waals surface area (Å²) in [4.78, 5) is 25.2.